The van der Waals surface area contributed by atoms with E-state index in [1.165, 1.54) is 15.3 Å². The van der Waals surface area contributed by atoms with Crippen molar-refractivity contribution in [3.05, 3.63) is 21.4 Å². The summed E-state index contributed by atoms with van der Waals surface area (Å²) in [6, 6.07) is 4.23. The molecule has 1 heterocycles. The van der Waals surface area contributed by atoms with E-state index in [0.717, 1.165) is 0 Å². The largest absolute Gasteiger partial charge is 0.198 e. The summed E-state index contributed by atoms with van der Waals surface area (Å²) in [6.07, 6.45) is 0.552. The smallest absolute Gasteiger partial charge is 0.0670 e. The lowest BCUT2D eigenvalue weighted by atomic mass is 10.2. The molecule has 0 radical (unpaired) electrons. The molecule has 0 saturated carbocycles. The molecule has 0 atom stereocenters. The molecule has 0 aliphatic rings. The van der Waals surface area contributed by atoms with E-state index in [9.17, 15) is 0 Å². The average molecular weight is 151 g/mol. The molecule has 1 aromatic rings. The minimum atomic E-state index is 0.552. The third kappa shape index (κ3) is 1.37. The van der Waals surface area contributed by atoms with Crippen LogP contribution in [0, 0.1) is 25.2 Å². The first-order valence-corrected chi connectivity index (χ1v) is 3.98. The van der Waals surface area contributed by atoms with Gasteiger partial charge in [-0.1, -0.05) is 0 Å². The topological polar surface area (TPSA) is 23.8 Å². The summed E-state index contributed by atoms with van der Waals surface area (Å²) in [4.78, 5) is 2.57. The molecule has 0 unspecified atom stereocenters. The van der Waals surface area contributed by atoms with Crippen LogP contribution in [0.4, 0.5) is 0 Å². The zero-order chi connectivity index (χ0) is 7.56. The quantitative estimate of drug-likeness (QED) is 0.604. The van der Waals surface area contributed by atoms with E-state index in [0.29, 0.717) is 6.42 Å². The fourth-order valence-electron chi connectivity index (χ4n) is 0.944. The lowest BCUT2D eigenvalue weighted by Gasteiger charge is -1.86. The Morgan fingerprint density at radius 3 is 2.70 bits per heavy atom. The van der Waals surface area contributed by atoms with Crippen molar-refractivity contribution in [2.45, 2.75) is 20.3 Å². The van der Waals surface area contributed by atoms with E-state index in [-0.39, 0.29) is 0 Å². The Labute approximate surface area is 64.9 Å². The van der Waals surface area contributed by atoms with Crippen LogP contribution in [0.25, 0.3) is 0 Å². The third-order valence-electron chi connectivity index (χ3n) is 1.41. The van der Waals surface area contributed by atoms with Gasteiger partial charge in [-0.25, -0.2) is 0 Å². The number of hydrogen-bond acceptors (Lipinski definition) is 2. The monoisotopic (exact) mass is 151 g/mol. The summed E-state index contributed by atoms with van der Waals surface area (Å²) < 4.78 is 0. The van der Waals surface area contributed by atoms with Gasteiger partial charge in [0.25, 0.3) is 0 Å². The zero-order valence-electron chi connectivity index (χ0n) is 6.14. The molecule has 0 aliphatic heterocycles. The Kier molecular flexibility index (Phi) is 2.08. The summed E-state index contributed by atoms with van der Waals surface area (Å²) in [5.74, 6) is 0. The lowest BCUT2D eigenvalue weighted by molar-refractivity contribution is 1.25. The van der Waals surface area contributed by atoms with Gasteiger partial charge in [-0.2, -0.15) is 5.26 Å². The van der Waals surface area contributed by atoms with Gasteiger partial charge >= 0.3 is 0 Å². The van der Waals surface area contributed by atoms with Gasteiger partial charge in [-0.05, 0) is 25.5 Å². The number of aryl methyl sites for hydroxylation is 2. The van der Waals surface area contributed by atoms with Gasteiger partial charge in [0.1, 0.15) is 0 Å². The van der Waals surface area contributed by atoms with Crippen molar-refractivity contribution in [1.82, 2.24) is 0 Å². The molecule has 0 spiro atoms. The highest BCUT2D eigenvalue weighted by Crippen LogP contribution is 2.20. The van der Waals surface area contributed by atoms with Crippen molar-refractivity contribution in [1.29, 1.82) is 5.26 Å². The van der Waals surface area contributed by atoms with Crippen LogP contribution in [0.15, 0.2) is 6.07 Å². The lowest BCUT2D eigenvalue weighted by Crippen LogP contribution is -1.77. The Hall–Kier alpha value is -0.810. The molecule has 0 fully saturated rings. The van der Waals surface area contributed by atoms with E-state index in [1.54, 1.807) is 11.3 Å². The second-order valence-corrected chi connectivity index (χ2v) is 3.73. The molecule has 0 N–H and O–H groups in total. The molecule has 1 aromatic heterocycles. The Bertz CT molecular complexity index is 267. The van der Waals surface area contributed by atoms with Gasteiger partial charge in [0.05, 0.1) is 12.5 Å². The molecule has 1 rings (SSSR count). The zero-order valence-corrected chi connectivity index (χ0v) is 6.96. The van der Waals surface area contributed by atoms with Gasteiger partial charge in [0, 0.05) is 9.75 Å². The highest BCUT2D eigenvalue weighted by molar-refractivity contribution is 7.12. The summed E-state index contributed by atoms with van der Waals surface area (Å²) in [7, 11) is 0. The molecule has 2 heteroatoms. The maximum absolute atomic E-state index is 8.41. The van der Waals surface area contributed by atoms with E-state index in [1.807, 2.05) is 0 Å². The summed E-state index contributed by atoms with van der Waals surface area (Å²) in [5, 5.41) is 8.41. The average Bonchev–Trinajstić information content (AvgIpc) is 2.13. The third-order valence-corrected chi connectivity index (χ3v) is 2.42. The molecule has 1 nitrogen and oxygen atoms in total. The fourth-order valence-corrected chi connectivity index (χ4v) is 1.89. The normalized spacial score (nSPS) is 9.30. The molecular weight excluding hydrogens is 142 g/mol. The van der Waals surface area contributed by atoms with Crippen LogP contribution >= 0.6 is 11.3 Å². The van der Waals surface area contributed by atoms with Crippen molar-refractivity contribution in [3.63, 3.8) is 0 Å². The van der Waals surface area contributed by atoms with Gasteiger partial charge in [-0.15, -0.1) is 11.3 Å². The number of thiophene rings is 1. The van der Waals surface area contributed by atoms with Crippen LogP contribution in [-0.2, 0) is 6.42 Å². The predicted octanol–water partition coefficient (Wildman–Crippen LogP) is 2.43. The summed E-state index contributed by atoms with van der Waals surface area (Å²) >= 11 is 1.76. The number of nitriles is 1. The van der Waals surface area contributed by atoms with Crippen LogP contribution in [0.5, 0.6) is 0 Å². The van der Waals surface area contributed by atoms with E-state index < -0.39 is 0 Å². The Morgan fingerprint density at radius 1 is 1.60 bits per heavy atom. The van der Waals surface area contributed by atoms with Crippen molar-refractivity contribution < 1.29 is 0 Å². The van der Waals surface area contributed by atoms with Gasteiger partial charge in [0.15, 0.2) is 0 Å². The number of nitrogens with zero attached hydrogens (tertiary/aromatic N) is 1. The second kappa shape index (κ2) is 2.85. The van der Waals surface area contributed by atoms with Gasteiger partial charge < -0.3 is 0 Å². The van der Waals surface area contributed by atoms with Crippen molar-refractivity contribution in [2.24, 2.45) is 0 Å². The van der Waals surface area contributed by atoms with Crippen LogP contribution < -0.4 is 0 Å². The standard InChI is InChI=1S/C8H9NS/c1-6-5-8(3-4-9)7(2)10-6/h5H,3H2,1-2H3. The molecule has 10 heavy (non-hydrogen) atoms. The summed E-state index contributed by atoms with van der Waals surface area (Å²) in [5.41, 5.74) is 1.19. The molecule has 0 bridgehead atoms. The van der Waals surface area contributed by atoms with E-state index in [2.05, 4.69) is 26.0 Å². The molecule has 0 aliphatic carbocycles. The van der Waals surface area contributed by atoms with Gasteiger partial charge in [-0.3, -0.25) is 0 Å². The molecular formula is C8H9NS. The maximum atomic E-state index is 8.41. The highest BCUT2D eigenvalue weighted by atomic mass is 32.1. The molecule has 0 saturated heterocycles. The fraction of sp³-hybridized carbons (Fsp3) is 0.375. The van der Waals surface area contributed by atoms with E-state index in [4.69, 9.17) is 5.26 Å². The first-order chi connectivity index (χ1) is 4.74. The first kappa shape index (κ1) is 7.30. The van der Waals surface area contributed by atoms with Crippen molar-refractivity contribution in [3.8, 4) is 6.07 Å². The highest BCUT2D eigenvalue weighted by Gasteiger charge is 2.00. The Balaban J connectivity index is 2.94. The van der Waals surface area contributed by atoms with Crippen LogP contribution in [0.3, 0.4) is 0 Å². The molecule has 52 valence electrons. The molecule has 0 amide bonds. The van der Waals surface area contributed by atoms with Crippen molar-refractivity contribution in [2.75, 3.05) is 0 Å². The van der Waals surface area contributed by atoms with Gasteiger partial charge in [0.2, 0.25) is 0 Å². The minimum absolute atomic E-state index is 0.552. The first-order valence-electron chi connectivity index (χ1n) is 3.17. The molecule has 0 aromatic carbocycles. The van der Waals surface area contributed by atoms with Crippen LogP contribution in [0.2, 0.25) is 0 Å². The van der Waals surface area contributed by atoms with E-state index >= 15 is 0 Å². The minimum Gasteiger partial charge on any atom is -0.198 e. The predicted molar refractivity (Wildman–Crippen MR) is 43.1 cm³/mol. The number of rotatable bonds is 1. The SMILES string of the molecule is Cc1cc(CC#N)c(C)s1. The second-order valence-electron chi connectivity index (χ2n) is 2.27. The van der Waals surface area contributed by atoms with Crippen LogP contribution in [-0.4, -0.2) is 0 Å². The van der Waals surface area contributed by atoms with Crippen molar-refractivity contribution >= 4 is 11.3 Å². The number of hydrogen-bond donors (Lipinski definition) is 0. The van der Waals surface area contributed by atoms with Crippen LogP contribution in [0.1, 0.15) is 15.3 Å². The maximum Gasteiger partial charge on any atom is 0.0670 e. The Morgan fingerprint density at radius 2 is 2.30 bits per heavy atom. The summed E-state index contributed by atoms with van der Waals surface area (Å²) in [6.45, 7) is 4.13.